The summed E-state index contributed by atoms with van der Waals surface area (Å²) in [5, 5.41) is 9.15. The molecule has 114 valence electrons. The molecule has 0 aromatic heterocycles. The van der Waals surface area contributed by atoms with Crippen LogP contribution >= 0.6 is 0 Å². The molecular weight excluding hydrogens is 282 g/mol. The van der Waals surface area contributed by atoms with Crippen LogP contribution in [0.3, 0.4) is 0 Å². The van der Waals surface area contributed by atoms with Crippen molar-refractivity contribution in [2.45, 2.75) is 19.3 Å². The molecule has 2 heterocycles. The molecule has 6 nitrogen and oxygen atoms in total. The predicted octanol–water partition coefficient (Wildman–Crippen LogP) is 1.78. The van der Waals surface area contributed by atoms with Gasteiger partial charge in [0, 0.05) is 36.2 Å². The topological polar surface area (TPSA) is 96.0 Å². The number of fused-ring (bicyclic) bond motifs is 1. The van der Waals surface area contributed by atoms with Crippen molar-refractivity contribution in [2.24, 2.45) is 10.7 Å². The molecule has 0 atom stereocenters. The van der Waals surface area contributed by atoms with E-state index in [0.29, 0.717) is 16.8 Å². The third-order valence-electron chi connectivity index (χ3n) is 3.91. The number of carbonyl (C=O) groups is 2. The number of rotatable bonds is 2. The van der Waals surface area contributed by atoms with Crippen LogP contribution in [-0.2, 0) is 4.79 Å². The monoisotopic (exact) mass is 299 g/mol. The van der Waals surface area contributed by atoms with Gasteiger partial charge < -0.3 is 15.7 Å². The second-order valence-corrected chi connectivity index (χ2v) is 5.53. The molecule has 0 radical (unpaired) electrons. The SMILES string of the molecule is NC1=Nc2cc(C(=O)N3CCCC3)ccc2C=C(C(=O)O)C1. The van der Waals surface area contributed by atoms with Gasteiger partial charge in [0.05, 0.1) is 5.69 Å². The molecule has 1 aromatic rings. The van der Waals surface area contributed by atoms with Gasteiger partial charge >= 0.3 is 5.97 Å². The summed E-state index contributed by atoms with van der Waals surface area (Å²) in [4.78, 5) is 29.7. The van der Waals surface area contributed by atoms with Gasteiger partial charge in [-0.1, -0.05) is 6.07 Å². The largest absolute Gasteiger partial charge is 0.478 e. The minimum atomic E-state index is -1.01. The van der Waals surface area contributed by atoms with Gasteiger partial charge in [-0.25, -0.2) is 9.79 Å². The fourth-order valence-electron chi connectivity index (χ4n) is 2.76. The highest BCUT2D eigenvalue weighted by atomic mass is 16.4. The van der Waals surface area contributed by atoms with Gasteiger partial charge in [-0.05, 0) is 31.1 Å². The first-order valence-electron chi connectivity index (χ1n) is 7.25. The van der Waals surface area contributed by atoms with E-state index in [-0.39, 0.29) is 23.7 Å². The Kier molecular flexibility index (Phi) is 3.66. The van der Waals surface area contributed by atoms with Crippen LogP contribution in [0.1, 0.15) is 35.2 Å². The van der Waals surface area contributed by atoms with Crippen LogP contribution in [0.4, 0.5) is 5.69 Å². The second-order valence-electron chi connectivity index (χ2n) is 5.53. The van der Waals surface area contributed by atoms with Crippen LogP contribution in [0, 0.1) is 0 Å². The zero-order valence-electron chi connectivity index (χ0n) is 12.1. The number of carboxylic acids is 1. The lowest BCUT2D eigenvalue weighted by molar-refractivity contribution is -0.132. The Bertz CT molecular complexity index is 701. The Morgan fingerprint density at radius 2 is 1.95 bits per heavy atom. The number of aliphatic imine (C=N–C) groups is 1. The minimum absolute atomic E-state index is 0.0132. The summed E-state index contributed by atoms with van der Waals surface area (Å²) in [5.41, 5.74) is 7.73. The fraction of sp³-hybridized carbons (Fsp3) is 0.312. The first kappa shape index (κ1) is 14.3. The Labute approximate surface area is 127 Å². The number of carboxylic acid groups (broad SMARTS) is 1. The van der Waals surface area contributed by atoms with Crippen molar-refractivity contribution in [3.8, 4) is 0 Å². The number of carbonyl (C=O) groups excluding carboxylic acids is 1. The maximum absolute atomic E-state index is 12.4. The standard InChI is InChI=1S/C16H17N3O3/c17-14-9-12(16(21)22)7-10-3-4-11(8-13(10)18-14)15(20)19-5-1-2-6-19/h3-4,7-8H,1-2,5-6,9H2,(H2,17,18)(H,21,22). The molecule has 0 unspecified atom stereocenters. The van der Waals surface area contributed by atoms with Crippen molar-refractivity contribution in [3.63, 3.8) is 0 Å². The van der Waals surface area contributed by atoms with E-state index >= 15 is 0 Å². The third kappa shape index (κ3) is 2.72. The molecule has 0 saturated carbocycles. The molecule has 3 N–H and O–H groups in total. The zero-order valence-corrected chi connectivity index (χ0v) is 12.1. The molecule has 3 rings (SSSR count). The number of hydrogen-bond donors (Lipinski definition) is 2. The summed E-state index contributed by atoms with van der Waals surface area (Å²) in [6, 6.07) is 5.13. The molecule has 0 spiro atoms. The van der Waals surface area contributed by atoms with E-state index in [2.05, 4.69) is 4.99 Å². The maximum atomic E-state index is 12.4. The zero-order chi connectivity index (χ0) is 15.7. The third-order valence-corrected chi connectivity index (χ3v) is 3.91. The lowest BCUT2D eigenvalue weighted by atomic mass is 10.1. The van der Waals surface area contributed by atoms with Gasteiger partial charge in [0.25, 0.3) is 5.91 Å². The molecule has 1 aromatic carbocycles. The summed E-state index contributed by atoms with van der Waals surface area (Å²) in [6.07, 6.45) is 3.73. The maximum Gasteiger partial charge on any atom is 0.332 e. The van der Waals surface area contributed by atoms with Crippen molar-refractivity contribution < 1.29 is 14.7 Å². The Balaban J connectivity index is 1.98. The number of amidine groups is 1. The molecule has 6 heteroatoms. The molecule has 1 amide bonds. The van der Waals surface area contributed by atoms with E-state index in [4.69, 9.17) is 10.8 Å². The number of amides is 1. The summed E-state index contributed by atoms with van der Waals surface area (Å²) < 4.78 is 0. The summed E-state index contributed by atoms with van der Waals surface area (Å²) >= 11 is 0. The first-order valence-corrected chi connectivity index (χ1v) is 7.25. The van der Waals surface area contributed by atoms with Crippen LogP contribution < -0.4 is 5.73 Å². The normalized spacial score (nSPS) is 17.4. The summed E-state index contributed by atoms with van der Waals surface area (Å²) in [7, 11) is 0. The van der Waals surface area contributed by atoms with Gasteiger partial charge in [-0.15, -0.1) is 0 Å². The van der Waals surface area contributed by atoms with E-state index in [0.717, 1.165) is 25.9 Å². The number of hydrogen-bond acceptors (Lipinski definition) is 4. The van der Waals surface area contributed by atoms with Crippen LogP contribution in [0.5, 0.6) is 0 Å². The van der Waals surface area contributed by atoms with Crippen LogP contribution in [-0.4, -0.2) is 40.8 Å². The van der Waals surface area contributed by atoms with Crippen molar-refractivity contribution in [2.75, 3.05) is 13.1 Å². The van der Waals surface area contributed by atoms with E-state index in [1.165, 1.54) is 0 Å². The number of nitrogens with zero attached hydrogens (tertiary/aromatic N) is 2. The molecule has 0 aliphatic carbocycles. The van der Waals surface area contributed by atoms with Crippen LogP contribution in [0.25, 0.3) is 6.08 Å². The minimum Gasteiger partial charge on any atom is -0.478 e. The van der Waals surface area contributed by atoms with Gasteiger partial charge in [-0.2, -0.15) is 0 Å². The van der Waals surface area contributed by atoms with Crippen molar-refractivity contribution in [3.05, 3.63) is 34.9 Å². The van der Waals surface area contributed by atoms with Gasteiger partial charge in [0.2, 0.25) is 0 Å². The second kappa shape index (κ2) is 5.63. The van der Waals surface area contributed by atoms with E-state index < -0.39 is 5.97 Å². The first-order chi connectivity index (χ1) is 10.5. The highest BCUT2D eigenvalue weighted by Gasteiger charge is 2.21. The smallest absolute Gasteiger partial charge is 0.332 e. The van der Waals surface area contributed by atoms with Crippen molar-refractivity contribution >= 4 is 29.5 Å². The molecule has 22 heavy (non-hydrogen) atoms. The number of likely N-dealkylation sites (tertiary alicyclic amines) is 1. The average molecular weight is 299 g/mol. The average Bonchev–Trinajstić information content (AvgIpc) is 2.95. The Morgan fingerprint density at radius 3 is 2.64 bits per heavy atom. The lowest BCUT2D eigenvalue weighted by Crippen LogP contribution is -2.27. The van der Waals surface area contributed by atoms with Crippen LogP contribution in [0.15, 0.2) is 28.8 Å². The summed E-state index contributed by atoms with van der Waals surface area (Å²) in [5.74, 6) is -0.790. The number of aliphatic carboxylic acids is 1. The van der Waals surface area contributed by atoms with Gasteiger partial charge in [0.1, 0.15) is 5.84 Å². The summed E-state index contributed by atoms with van der Waals surface area (Å²) in [6.45, 7) is 1.56. The lowest BCUT2D eigenvalue weighted by Gasteiger charge is -2.15. The van der Waals surface area contributed by atoms with Gasteiger partial charge in [-0.3, -0.25) is 4.79 Å². The molecule has 0 bridgehead atoms. The molecule has 1 saturated heterocycles. The highest BCUT2D eigenvalue weighted by molar-refractivity contribution is 6.03. The van der Waals surface area contributed by atoms with Crippen LogP contribution in [0.2, 0.25) is 0 Å². The van der Waals surface area contributed by atoms with E-state index in [1.54, 1.807) is 24.3 Å². The Hall–Kier alpha value is -2.63. The fourth-order valence-corrected chi connectivity index (χ4v) is 2.76. The van der Waals surface area contributed by atoms with E-state index in [9.17, 15) is 9.59 Å². The molecular formula is C16H17N3O3. The molecule has 2 aliphatic heterocycles. The van der Waals surface area contributed by atoms with Crippen molar-refractivity contribution in [1.29, 1.82) is 0 Å². The van der Waals surface area contributed by atoms with Crippen molar-refractivity contribution in [1.82, 2.24) is 4.90 Å². The van der Waals surface area contributed by atoms with E-state index in [1.807, 2.05) is 4.90 Å². The molecule has 2 aliphatic rings. The predicted molar refractivity (Wildman–Crippen MR) is 83.1 cm³/mol. The Morgan fingerprint density at radius 1 is 1.23 bits per heavy atom. The number of nitrogens with two attached hydrogens (primary N) is 1. The van der Waals surface area contributed by atoms with Gasteiger partial charge in [0.15, 0.2) is 0 Å². The highest BCUT2D eigenvalue weighted by Crippen LogP contribution is 2.28. The quantitative estimate of drug-likeness (QED) is 0.870. The molecule has 1 fully saturated rings. The number of benzene rings is 1.